The lowest BCUT2D eigenvalue weighted by Gasteiger charge is -2.08. The van der Waals surface area contributed by atoms with Gasteiger partial charge in [-0.25, -0.2) is 0 Å². The number of furan rings is 2. The summed E-state index contributed by atoms with van der Waals surface area (Å²) in [5, 5.41) is 1.13. The van der Waals surface area contributed by atoms with Gasteiger partial charge >= 0.3 is 0 Å². The molecule has 0 amide bonds. The molecule has 2 aromatic heterocycles. The highest BCUT2D eigenvalue weighted by Crippen LogP contribution is 2.33. The second-order valence-electron chi connectivity index (χ2n) is 5.44. The zero-order valence-corrected chi connectivity index (χ0v) is 12.3. The summed E-state index contributed by atoms with van der Waals surface area (Å²) in [7, 11) is 0. The fourth-order valence-electron chi connectivity index (χ4n) is 2.75. The van der Waals surface area contributed by atoms with Crippen LogP contribution >= 0.6 is 0 Å². The Balaban J connectivity index is 2.14. The molecule has 3 nitrogen and oxygen atoms in total. The predicted molar refractivity (Wildman–Crippen MR) is 79.9 cm³/mol. The van der Waals surface area contributed by atoms with E-state index in [2.05, 4.69) is 19.9 Å². The smallest absolute Gasteiger partial charge is 0.134 e. The van der Waals surface area contributed by atoms with Gasteiger partial charge in [0.15, 0.2) is 0 Å². The number of rotatable bonds is 2. The lowest BCUT2D eigenvalue weighted by Crippen LogP contribution is -2.12. The van der Waals surface area contributed by atoms with E-state index in [9.17, 15) is 0 Å². The van der Waals surface area contributed by atoms with Crippen molar-refractivity contribution in [2.45, 2.75) is 33.7 Å². The third-order valence-electron chi connectivity index (χ3n) is 3.83. The van der Waals surface area contributed by atoms with E-state index in [1.54, 1.807) is 0 Å². The first-order chi connectivity index (χ1) is 9.47. The highest BCUT2D eigenvalue weighted by molar-refractivity contribution is 5.83. The number of aryl methyl sites for hydroxylation is 4. The summed E-state index contributed by atoms with van der Waals surface area (Å²) in [6.45, 7) is 8.00. The van der Waals surface area contributed by atoms with E-state index in [4.69, 9.17) is 14.6 Å². The van der Waals surface area contributed by atoms with Gasteiger partial charge in [0.05, 0.1) is 6.04 Å². The minimum absolute atomic E-state index is 0.292. The highest BCUT2D eigenvalue weighted by Gasteiger charge is 2.22. The molecule has 0 aliphatic rings. The summed E-state index contributed by atoms with van der Waals surface area (Å²) < 4.78 is 11.5. The maximum atomic E-state index is 6.38. The lowest BCUT2D eigenvalue weighted by molar-refractivity contribution is 0.488. The van der Waals surface area contributed by atoms with Crippen LogP contribution in [-0.4, -0.2) is 0 Å². The SMILES string of the molecule is Cc1ccc2oc(C(N)c3cc(C)oc3C)c(C)c2c1. The fourth-order valence-corrected chi connectivity index (χ4v) is 2.75. The van der Waals surface area contributed by atoms with Gasteiger partial charge in [-0.15, -0.1) is 0 Å². The van der Waals surface area contributed by atoms with Gasteiger partial charge < -0.3 is 14.6 Å². The van der Waals surface area contributed by atoms with Crippen molar-refractivity contribution in [1.82, 2.24) is 0 Å². The molecule has 1 aromatic carbocycles. The van der Waals surface area contributed by atoms with E-state index in [0.29, 0.717) is 0 Å². The van der Waals surface area contributed by atoms with Crippen LogP contribution in [0.15, 0.2) is 33.1 Å². The second-order valence-corrected chi connectivity index (χ2v) is 5.44. The van der Waals surface area contributed by atoms with Crippen molar-refractivity contribution < 1.29 is 8.83 Å². The minimum Gasteiger partial charge on any atom is -0.466 e. The third kappa shape index (κ3) is 1.95. The number of nitrogens with two attached hydrogens (primary N) is 1. The van der Waals surface area contributed by atoms with E-state index < -0.39 is 0 Å². The van der Waals surface area contributed by atoms with E-state index in [0.717, 1.165) is 39.4 Å². The standard InChI is InChI=1S/C17H19NO2/c1-9-5-6-15-13(7-9)11(3)17(20-15)16(18)14-8-10(2)19-12(14)4/h5-8,16H,18H2,1-4H3. The van der Waals surface area contributed by atoms with Crippen molar-refractivity contribution in [3.8, 4) is 0 Å². The summed E-state index contributed by atoms with van der Waals surface area (Å²) in [6.07, 6.45) is 0. The van der Waals surface area contributed by atoms with Crippen LogP contribution in [0.2, 0.25) is 0 Å². The molecule has 0 spiro atoms. The van der Waals surface area contributed by atoms with E-state index in [1.807, 2.05) is 32.0 Å². The molecule has 0 aliphatic carbocycles. The van der Waals surface area contributed by atoms with Crippen molar-refractivity contribution in [3.63, 3.8) is 0 Å². The molecule has 0 radical (unpaired) electrons. The van der Waals surface area contributed by atoms with Crippen molar-refractivity contribution in [2.24, 2.45) is 5.73 Å². The molecule has 0 bridgehead atoms. The van der Waals surface area contributed by atoms with Crippen LogP contribution in [0.4, 0.5) is 0 Å². The average Bonchev–Trinajstić information content (AvgIpc) is 2.90. The van der Waals surface area contributed by atoms with Crippen LogP contribution < -0.4 is 5.73 Å². The van der Waals surface area contributed by atoms with E-state index in [1.165, 1.54) is 5.56 Å². The first kappa shape index (κ1) is 13.0. The summed E-state index contributed by atoms with van der Waals surface area (Å²) in [6, 6.07) is 7.88. The van der Waals surface area contributed by atoms with Gasteiger partial charge in [0.25, 0.3) is 0 Å². The Hall–Kier alpha value is -2.00. The van der Waals surface area contributed by atoms with Crippen LogP contribution in [0.25, 0.3) is 11.0 Å². The first-order valence-corrected chi connectivity index (χ1v) is 6.79. The van der Waals surface area contributed by atoms with Gasteiger partial charge in [-0.1, -0.05) is 11.6 Å². The second kappa shape index (κ2) is 4.53. The predicted octanol–water partition coefficient (Wildman–Crippen LogP) is 4.31. The zero-order valence-electron chi connectivity index (χ0n) is 12.3. The molecular formula is C17H19NO2. The molecule has 2 N–H and O–H groups in total. The largest absolute Gasteiger partial charge is 0.466 e. The molecule has 3 rings (SSSR count). The molecule has 20 heavy (non-hydrogen) atoms. The van der Waals surface area contributed by atoms with Crippen LogP contribution in [-0.2, 0) is 0 Å². The molecule has 2 heterocycles. The fraction of sp³-hybridized carbons (Fsp3) is 0.294. The van der Waals surface area contributed by atoms with Gasteiger partial charge in [-0.05, 0) is 45.9 Å². The summed E-state index contributed by atoms with van der Waals surface area (Å²) in [5.41, 5.74) is 10.6. The number of fused-ring (bicyclic) bond motifs is 1. The Morgan fingerprint density at radius 2 is 1.75 bits per heavy atom. The maximum Gasteiger partial charge on any atom is 0.134 e. The van der Waals surface area contributed by atoms with Crippen molar-refractivity contribution in [3.05, 3.63) is 58.2 Å². The van der Waals surface area contributed by atoms with Crippen molar-refractivity contribution in [1.29, 1.82) is 0 Å². The Labute approximate surface area is 118 Å². The Morgan fingerprint density at radius 1 is 1.00 bits per heavy atom. The van der Waals surface area contributed by atoms with E-state index >= 15 is 0 Å². The Kier molecular flexibility index (Phi) is 2.94. The van der Waals surface area contributed by atoms with Crippen LogP contribution in [0, 0.1) is 27.7 Å². The molecular weight excluding hydrogens is 250 g/mol. The van der Waals surface area contributed by atoms with E-state index in [-0.39, 0.29) is 6.04 Å². The number of benzene rings is 1. The Bertz CT molecular complexity index is 780. The topological polar surface area (TPSA) is 52.3 Å². The first-order valence-electron chi connectivity index (χ1n) is 6.79. The molecule has 0 saturated heterocycles. The molecule has 0 aliphatic heterocycles. The monoisotopic (exact) mass is 269 g/mol. The van der Waals surface area contributed by atoms with Crippen molar-refractivity contribution in [2.75, 3.05) is 0 Å². The number of hydrogen-bond acceptors (Lipinski definition) is 3. The van der Waals surface area contributed by atoms with Crippen molar-refractivity contribution >= 4 is 11.0 Å². The zero-order chi connectivity index (χ0) is 14.4. The normalized spacial score (nSPS) is 13.1. The third-order valence-corrected chi connectivity index (χ3v) is 3.83. The molecule has 104 valence electrons. The minimum atomic E-state index is -0.292. The summed E-state index contributed by atoms with van der Waals surface area (Å²) in [4.78, 5) is 0. The van der Waals surface area contributed by atoms with Gasteiger partial charge in [-0.2, -0.15) is 0 Å². The molecule has 3 heteroatoms. The maximum absolute atomic E-state index is 6.38. The molecule has 0 fully saturated rings. The lowest BCUT2D eigenvalue weighted by atomic mass is 10.0. The van der Waals surface area contributed by atoms with Gasteiger partial charge in [-0.3, -0.25) is 0 Å². The molecule has 3 aromatic rings. The highest BCUT2D eigenvalue weighted by atomic mass is 16.3. The van der Waals surface area contributed by atoms with Gasteiger partial charge in [0.2, 0.25) is 0 Å². The molecule has 1 unspecified atom stereocenters. The Morgan fingerprint density at radius 3 is 2.40 bits per heavy atom. The molecule has 0 saturated carbocycles. The van der Waals surface area contributed by atoms with Crippen LogP contribution in [0.1, 0.15) is 40.0 Å². The average molecular weight is 269 g/mol. The van der Waals surface area contributed by atoms with Crippen LogP contribution in [0.3, 0.4) is 0 Å². The summed E-state index contributed by atoms with van der Waals surface area (Å²) >= 11 is 0. The van der Waals surface area contributed by atoms with Gasteiger partial charge in [0.1, 0.15) is 22.9 Å². The molecule has 1 atom stereocenters. The quantitative estimate of drug-likeness (QED) is 0.754. The number of hydrogen-bond donors (Lipinski definition) is 1. The summed E-state index contributed by atoms with van der Waals surface area (Å²) in [5.74, 6) is 2.54. The van der Waals surface area contributed by atoms with Crippen LogP contribution in [0.5, 0.6) is 0 Å². The van der Waals surface area contributed by atoms with Gasteiger partial charge in [0, 0.05) is 16.5 Å².